The summed E-state index contributed by atoms with van der Waals surface area (Å²) in [6.07, 6.45) is 0. The first kappa shape index (κ1) is 15.9. The molecule has 0 radical (unpaired) electrons. The second-order valence-electron chi connectivity index (χ2n) is 4.51. The number of anilines is 1. The van der Waals surface area contributed by atoms with E-state index in [1.165, 1.54) is 18.2 Å². The van der Waals surface area contributed by atoms with Crippen molar-refractivity contribution in [2.75, 3.05) is 4.72 Å². The molecule has 0 aliphatic carbocycles. The van der Waals surface area contributed by atoms with Crippen molar-refractivity contribution in [1.29, 1.82) is 0 Å². The van der Waals surface area contributed by atoms with Crippen molar-refractivity contribution in [3.8, 4) is 0 Å². The minimum atomic E-state index is -3.58. The summed E-state index contributed by atoms with van der Waals surface area (Å²) in [7, 11) is -3.58. The number of sulfonamides is 1. The molecule has 0 bridgehead atoms. The van der Waals surface area contributed by atoms with Crippen molar-refractivity contribution in [2.45, 2.75) is 12.3 Å². The Hall–Kier alpha value is -1.44. The van der Waals surface area contributed by atoms with E-state index in [4.69, 9.17) is 5.73 Å². The van der Waals surface area contributed by atoms with Crippen LogP contribution in [0.3, 0.4) is 0 Å². The van der Waals surface area contributed by atoms with Crippen LogP contribution in [0.2, 0.25) is 0 Å². The molecule has 0 heterocycles. The molecule has 2 aromatic rings. The lowest BCUT2D eigenvalue weighted by molar-refractivity contribution is 0.600. The molecule has 0 spiro atoms. The number of rotatable bonds is 5. The van der Waals surface area contributed by atoms with Crippen LogP contribution in [0.5, 0.6) is 0 Å². The average molecular weight is 373 g/mol. The van der Waals surface area contributed by atoms with Crippen molar-refractivity contribution >= 4 is 31.6 Å². The lowest BCUT2D eigenvalue weighted by Gasteiger charge is -2.09. The quantitative estimate of drug-likeness (QED) is 0.847. The van der Waals surface area contributed by atoms with E-state index in [2.05, 4.69) is 20.7 Å². The molecular formula is C14H14BrFN2O2S. The smallest absolute Gasteiger partial charge is 0.236 e. The number of nitrogens with two attached hydrogens (primary N) is 1. The summed E-state index contributed by atoms with van der Waals surface area (Å²) in [6, 6.07) is 11.0. The zero-order valence-electron chi connectivity index (χ0n) is 11.0. The van der Waals surface area contributed by atoms with Gasteiger partial charge in [-0.2, -0.15) is 0 Å². The second kappa shape index (κ2) is 6.55. The molecule has 0 amide bonds. The molecule has 2 aromatic carbocycles. The largest absolute Gasteiger partial charge is 0.326 e. The standard InChI is InChI=1S/C14H14BrFN2O2S/c15-13-7-12(4-5-14(13)16)18-21(19,20)9-11-3-1-2-10(6-11)8-17/h1-7,18H,8-9,17H2. The Bertz CT molecular complexity index is 750. The fourth-order valence-electron chi connectivity index (χ4n) is 1.84. The third kappa shape index (κ3) is 4.52. The first-order valence-corrected chi connectivity index (χ1v) is 8.57. The molecule has 21 heavy (non-hydrogen) atoms. The molecular weight excluding hydrogens is 359 g/mol. The fourth-order valence-corrected chi connectivity index (χ4v) is 3.40. The van der Waals surface area contributed by atoms with Gasteiger partial charge in [-0.15, -0.1) is 0 Å². The molecule has 0 aliphatic heterocycles. The Balaban J connectivity index is 2.16. The average Bonchev–Trinajstić information content (AvgIpc) is 2.42. The third-order valence-electron chi connectivity index (χ3n) is 2.78. The molecule has 0 saturated carbocycles. The lowest BCUT2D eigenvalue weighted by atomic mass is 10.1. The molecule has 112 valence electrons. The van der Waals surface area contributed by atoms with Crippen LogP contribution in [0.25, 0.3) is 0 Å². The molecule has 0 saturated heterocycles. The summed E-state index contributed by atoms with van der Waals surface area (Å²) in [5, 5.41) is 0. The predicted octanol–water partition coefficient (Wildman–Crippen LogP) is 2.99. The van der Waals surface area contributed by atoms with Gasteiger partial charge in [0.05, 0.1) is 10.2 Å². The van der Waals surface area contributed by atoms with Crippen LogP contribution in [0.15, 0.2) is 46.9 Å². The van der Waals surface area contributed by atoms with E-state index in [-0.39, 0.29) is 10.2 Å². The molecule has 0 unspecified atom stereocenters. The monoisotopic (exact) mass is 372 g/mol. The maximum Gasteiger partial charge on any atom is 0.236 e. The van der Waals surface area contributed by atoms with Gasteiger partial charge in [-0.05, 0) is 45.3 Å². The molecule has 2 rings (SSSR count). The number of benzene rings is 2. The van der Waals surface area contributed by atoms with Crippen molar-refractivity contribution in [2.24, 2.45) is 5.73 Å². The highest BCUT2D eigenvalue weighted by atomic mass is 79.9. The zero-order chi connectivity index (χ0) is 15.5. The topological polar surface area (TPSA) is 72.2 Å². The van der Waals surface area contributed by atoms with Gasteiger partial charge in [0.1, 0.15) is 5.82 Å². The van der Waals surface area contributed by atoms with Crippen LogP contribution in [0.4, 0.5) is 10.1 Å². The summed E-state index contributed by atoms with van der Waals surface area (Å²) in [6.45, 7) is 0.353. The Morgan fingerprint density at radius 3 is 2.52 bits per heavy atom. The van der Waals surface area contributed by atoms with E-state index in [9.17, 15) is 12.8 Å². The third-order valence-corrected chi connectivity index (χ3v) is 4.64. The zero-order valence-corrected chi connectivity index (χ0v) is 13.4. The normalized spacial score (nSPS) is 11.4. The van der Waals surface area contributed by atoms with Gasteiger partial charge in [0, 0.05) is 12.2 Å². The maximum atomic E-state index is 13.1. The van der Waals surface area contributed by atoms with Gasteiger partial charge in [-0.3, -0.25) is 4.72 Å². The summed E-state index contributed by atoms with van der Waals surface area (Å²) in [4.78, 5) is 0. The number of halogens is 2. The van der Waals surface area contributed by atoms with Crippen LogP contribution >= 0.6 is 15.9 Å². The van der Waals surface area contributed by atoms with Gasteiger partial charge in [-0.1, -0.05) is 24.3 Å². The minimum Gasteiger partial charge on any atom is -0.326 e. The highest BCUT2D eigenvalue weighted by Crippen LogP contribution is 2.21. The van der Waals surface area contributed by atoms with Gasteiger partial charge in [0.2, 0.25) is 10.0 Å². The van der Waals surface area contributed by atoms with Gasteiger partial charge in [0.25, 0.3) is 0 Å². The van der Waals surface area contributed by atoms with Crippen molar-refractivity contribution in [3.05, 3.63) is 63.9 Å². The first-order chi connectivity index (χ1) is 9.89. The highest BCUT2D eigenvalue weighted by molar-refractivity contribution is 9.10. The van der Waals surface area contributed by atoms with Crippen molar-refractivity contribution < 1.29 is 12.8 Å². The number of nitrogens with one attached hydrogen (secondary N) is 1. The van der Waals surface area contributed by atoms with Crippen LogP contribution in [-0.4, -0.2) is 8.42 Å². The second-order valence-corrected chi connectivity index (χ2v) is 7.09. The fraction of sp³-hybridized carbons (Fsp3) is 0.143. The predicted molar refractivity (Wildman–Crippen MR) is 84.7 cm³/mol. The van der Waals surface area contributed by atoms with Crippen LogP contribution in [0.1, 0.15) is 11.1 Å². The van der Waals surface area contributed by atoms with E-state index in [0.717, 1.165) is 5.56 Å². The first-order valence-electron chi connectivity index (χ1n) is 6.13. The molecule has 3 N–H and O–H groups in total. The summed E-state index contributed by atoms with van der Waals surface area (Å²) in [5.41, 5.74) is 7.35. The summed E-state index contributed by atoms with van der Waals surface area (Å²) >= 11 is 3.02. The lowest BCUT2D eigenvalue weighted by Crippen LogP contribution is -2.15. The Morgan fingerprint density at radius 1 is 1.14 bits per heavy atom. The van der Waals surface area contributed by atoms with E-state index in [0.29, 0.717) is 17.8 Å². The van der Waals surface area contributed by atoms with Gasteiger partial charge in [0.15, 0.2) is 0 Å². The van der Waals surface area contributed by atoms with Crippen molar-refractivity contribution in [1.82, 2.24) is 0 Å². The maximum absolute atomic E-state index is 13.1. The van der Waals surface area contributed by atoms with E-state index < -0.39 is 15.8 Å². The number of hydrogen-bond donors (Lipinski definition) is 2. The summed E-state index contributed by atoms with van der Waals surface area (Å²) in [5.74, 6) is -0.621. The van der Waals surface area contributed by atoms with Crippen molar-refractivity contribution in [3.63, 3.8) is 0 Å². The van der Waals surface area contributed by atoms with Crippen LogP contribution in [0, 0.1) is 5.82 Å². The Labute approximate surface area is 131 Å². The molecule has 0 fully saturated rings. The van der Waals surface area contributed by atoms with Gasteiger partial charge >= 0.3 is 0 Å². The SMILES string of the molecule is NCc1cccc(CS(=O)(=O)Nc2ccc(F)c(Br)c2)c1. The highest BCUT2D eigenvalue weighted by Gasteiger charge is 2.13. The molecule has 4 nitrogen and oxygen atoms in total. The number of hydrogen-bond acceptors (Lipinski definition) is 3. The summed E-state index contributed by atoms with van der Waals surface area (Å²) < 4.78 is 40.0. The van der Waals surface area contributed by atoms with Crippen LogP contribution < -0.4 is 10.5 Å². The van der Waals surface area contributed by atoms with Gasteiger partial charge in [-0.25, -0.2) is 12.8 Å². The molecule has 7 heteroatoms. The van der Waals surface area contributed by atoms with E-state index >= 15 is 0 Å². The van der Waals surface area contributed by atoms with Crippen LogP contribution in [-0.2, 0) is 22.3 Å². The Kier molecular flexibility index (Phi) is 4.97. The van der Waals surface area contributed by atoms with E-state index in [1.54, 1.807) is 18.2 Å². The Morgan fingerprint density at radius 2 is 1.86 bits per heavy atom. The minimum absolute atomic E-state index is 0.171. The molecule has 0 atom stereocenters. The molecule has 0 aromatic heterocycles. The molecule has 0 aliphatic rings. The van der Waals surface area contributed by atoms with Gasteiger partial charge < -0.3 is 5.73 Å². The van der Waals surface area contributed by atoms with E-state index in [1.807, 2.05) is 6.07 Å².